The van der Waals surface area contributed by atoms with E-state index in [0.717, 1.165) is 20.9 Å². The number of nitrogens with one attached hydrogen (secondary N) is 1. The smallest absolute Gasteiger partial charge is 0.236 e. The molecule has 0 aliphatic carbocycles. The molecule has 0 unspecified atom stereocenters. The second kappa shape index (κ2) is 4.92. The summed E-state index contributed by atoms with van der Waals surface area (Å²) < 4.78 is 6.55. The maximum absolute atomic E-state index is 5.47. The average molecular weight is 315 g/mol. The molecule has 2 aromatic heterocycles. The highest BCUT2D eigenvalue weighted by Crippen LogP contribution is 2.30. The van der Waals surface area contributed by atoms with Crippen molar-refractivity contribution in [3.05, 3.63) is 27.9 Å². The van der Waals surface area contributed by atoms with Gasteiger partial charge in [0.25, 0.3) is 0 Å². The average Bonchev–Trinajstić information content (AvgIpc) is 2.81. The molecule has 0 aliphatic heterocycles. The Morgan fingerprint density at radius 2 is 2.18 bits per heavy atom. The lowest BCUT2D eigenvalue weighted by Crippen LogP contribution is -2.35. The predicted molar refractivity (Wildman–Crippen MR) is 74.1 cm³/mol. The molecule has 0 aromatic carbocycles. The molecule has 0 radical (unpaired) electrons. The summed E-state index contributed by atoms with van der Waals surface area (Å²) in [5, 5.41) is 3.38. The molecule has 0 amide bonds. The second-order valence-electron chi connectivity index (χ2n) is 4.85. The molecule has 0 aliphatic rings. The lowest BCUT2D eigenvalue weighted by atomic mass is 10.1. The van der Waals surface area contributed by atoms with E-state index in [1.807, 2.05) is 12.1 Å². The highest BCUT2D eigenvalue weighted by Gasteiger charge is 2.12. The van der Waals surface area contributed by atoms with Crippen LogP contribution in [0.4, 0.5) is 0 Å². The van der Waals surface area contributed by atoms with Crippen LogP contribution in [0.25, 0.3) is 10.8 Å². The van der Waals surface area contributed by atoms with Gasteiger partial charge >= 0.3 is 0 Å². The van der Waals surface area contributed by atoms with Crippen LogP contribution in [0.1, 0.15) is 26.5 Å². The van der Waals surface area contributed by atoms with Gasteiger partial charge in [0.15, 0.2) is 0 Å². The number of aromatic nitrogens is 1. The zero-order chi connectivity index (χ0) is 12.5. The fraction of sp³-hybridized carbons (Fsp3) is 0.417. The van der Waals surface area contributed by atoms with Gasteiger partial charge in [0.1, 0.15) is 6.26 Å². The Morgan fingerprint density at radius 3 is 2.76 bits per heavy atom. The van der Waals surface area contributed by atoms with Crippen molar-refractivity contribution in [1.82, 2.24) is 10.3 Å². The molecule has 0 bridgehead atoms. The summed E-state index contributed by atoms with van der Waals surface area (Å²) in [4.78, 5) is 5.50. The van der Waals surface area contributed by atoms with Gasteiger partial charge in [0.2, 0.25) is 5.89 Å². The zero-order valence-electron chi connectivity index (χ0n) is 10.1. The Morgan fingerprint density at radius 1 is 1.41 bits per heavy atom. The maximum atomic E-state index is 5.47. The number of oxazole rings is 1. The molecule has 0 saturated heterocycles. The van der Waals surface area contributed by atoms with Crippen molar-refractivity contribution in [1.29, 1.82) is 0 Å². The van der Waals surface area contributed by atoms with E-state index in [4.69, 9.17) is 4.42 Å². The molecule has 0 spiro atoms. The van der Waals surface area contributed by atoms with Crippen molar-refractivity contribution in [2.75, 3.05) is 0 Å². The Balaban J connectivity index is 2.06. The van der Waals surface area contributed by atoms with E-state index < -0.39 is 0 Å². The van der Waals surface area contributed by atoms with E-state index in [0.29, 0.717) is 5.89 Å². The summed E-state index contributed by atoms with van der Waals surface area (Å²) in [6.45, 7) is 7.11. The Bertz CT molecular complexity index is 499. The van der Waals surface area contributed by atoms with Crippen molar-refractivity contribution in [3.63, 3.8) is 0 Å². The number of nitrogens with zero attached hydrogens (tertiary/aromatic N) is 1. The van der Waals surface area contributed by atoms with E-state index in [-0.39, 0.29) is 5.54 Å². The summed E-state index contributed by atoms with van der Waals surface area (Å²) in [6, 6.07) is 4.00. The third-order valence-corrected chi connectivity index (χ3v) is 3.75. The monoisotopic (exact) mass is 314 g/mol. The van der Waals surface area contributed by atoms with Crippen molar-refractivity contribution in [2.24, 2.45) is 0 Å². The van der Waals surface area contributed by atoms with Crippen LogP contribution >= 0.6 is 27.3 Å². The fourth-order valence-corrected chi connectivity index (χ4v) is 2.60. The quantitative estimate of drug-likeness (QED) is 0.928. The summed E-state index contributed by atoms with van der Waals surface area (Å²) in [5.74, 6) is 0.686. The molecule has 5 heteroatoms. The van der Waals surface area contributed by atoms with Crippen molar-refractivity contribution in [3.8, 4) is 10.8 Å². The van der Waals surface area contributed by atoms with Gasteiger partial charge in [-0.2, -0.15) is 0 Å². The van der Waals surface area contributed by atoms with Crippen LogP contribution in [0.2, 0.25) is 0 Å². The number of hydrogen-bond acceptors (Lipinski definition) is 4. The van der Waals surface area contributed by atoms with E-state index >= 15 is 0 Å². The molecule has 0 saturated carbocycles. The van der Waals surface area contributed by atoms with Crippen molar-refractivity contribution >= 4 is 27.3 Å². The highest BCUT2D eigenvalue weighted by atomic mass is 79.9. The molecule has 92 valence electrons. The molecule has 2 heterocycles. The van der Waals surface area contributed by atoms with E-state index in [2.05, 4.69) is 47.0 Å². The van der Waals surface area contributed by atoms with Gasteiger partial charge in [0.05, 0.1) is 14.4 Å². The third kappa shape index (κ3) is 3.66. The fourth-order valence-electron chi connectivity index (χ4n) is 1.29. The highest BCUT2D eigenvalue weighted by molar-refractivity contribution is 9.11. The summed E-state index contributed by atoms with van der Waals surface area (Å²) in [7, 11) is 0. The van der Waals surface area contributed by atoms with Crippen LogP contribution in [0.15, 0.2) is 26.6 Å². The van der Waals surface area contributed by atoms with Crippen LogP contribution in [-0.4, -0.2) is 10.5 Å². The summed E-state index contributed by atoms with van der Waals surface area (Å²) in [5.41, 5.74) is 1.02. The van der Waals surface area contributed by atoms with Crippen LogP contribution in [0, 0.1) is 0 Å². The van der Waals surface area contributed by atoms with Crippen LogP contribution < -0.4 is 5.32 Å². The molecule has 1 N–H and O–H groups in total. The molecule has 0 atom stereocenters. The standard InChI is InChI=1S/C12H15BrN2OS/c1-12(2,3)14-6-8-7-16-11(15-8)9-4-5-10(13)17-9/h4-5,7,14H,6H2,1-3H3. The van der Waals surface area contributed by atoms with Gasteiger partial charge in [0, 0.05) is 12.1 Å². The Hall–Kier alpha value is -0.650. The Labute approximate surface area is 113 Å². The first kappa shape index (κ1) is 12.8. The lowest BCUT2D eigenvalue weighted by molar-refractivity contribution is 0.421. The number of thiophene rings is 1. The van der Waals surface area contributed by atoms with E-state index in [1.165, 1.54) is 0 Å². The number of halogens is 1. The van der Waals surface area contributed by atoms with Crippen molar-refractivity contribution < 1.29 is 4.42 Å². The topological polar surface area (TPSA) is 38.1 Å². The van der Waals surface area contributed by atoms with Gasteiger partial charge in [-0.05, 0) is 48.8 Å². The minimum Gasteiger partial charge on any atom is -0.444 e. The van der Waals surface area contributed by atoms with Crippen molar-refractivity contribution in [2.45, 2.75) is 32.9 Å². The van der Waals surface area contributed by atoms with Crippen LogP contribution in [-0.2, 0) is 6.54 Å². The zero-order valence-corrected chi connectivity index (χ0v) is 12.5. The largest absolute Gasteiger partial charge is 0.444 e. The summed E-state index contributed by atoms with van der Waals surface area (Å²) in [6.07, 6.45) is 1.71. The van der Waals surface area contributed by atoms with Gasteiger partial charge in [-0.3, -0.25) is 0 Å². The first-order chi connectivity index (χ1) is 7.94. The molecule has 0 fully saturated rings. The normalized spacial score (nSPS) is 12.0. The predicted octanol–water partition coefficient (Wildman–Crippen LogP) is 4.05. The van der Waals surface area contributed by atoms with Gasteiger partial charge in [-0.15, -0.1) is 11.3 Å². The molecule has 17 heavy (non-hydrogen) atoms. The molecular weight excluding hydrogens is 300 g/mol. The Kier molecular flexibility index (Phi) is 3.70. The minimum absolute atomic E-state index is 0.0884. The van der Waals surface area contributed by atoms with Crippen LogP contribution in [0.3, 0.4) is 0 Å². The summed E-state index contributed by atoms with van der Waals surface area (Å²) >= 11 is 5.05. The first-order valence-electron chi connectivity index (χ1n) is 5.39. The molecule has 3 nitrogen and oxygen atoms in total. The third-order valence-electron chi connectivity index (χ3n) is 2.14. The lowest BCUT2D eigenvalue weighted by Gasteiger charge is -2.19. The van der Waals surface area contributed by atoms with Gasteiger partial charge in [-0.25, -0.2) is 4.98 Å². The molecule has 2 aromatic rings. The molecule has 2 rings (SSSR count). The molecular formula is C12H15BrN2OS. The number of hydrogen-bond donors (Lipinski definition) is 1. The van der Waals surface area contributed by atoms with Gasteiger partial charge in [-0.1, -0.05) is 0 Å². The van der Waals surface area contributed by atoms with Crippen LogP contribution in [0.5, 0.6) is 0 Å². The second-order valence-corrected chi connectivity index (χ2v) is 7.31. The number of rotatable bonds is 3. The maximum Gasteiger partial charge on any atom is 0.236 e. The first-order valence-corrected chi connectivity index (χ1v) is 7.00. The van der Waals surface area contributed by atoms with E-state index in [1.54, 1.807) is 17.6 Å². The SMILES string of the molecule is CC(C)(C)NCc1coc(-c2ccc(Br)s2)n1. The minimum atomic E-state index is 0.0884. The van der Waals surface area contributed by atoms with Gasteiger partial charge < -0.3 is 9.73 Å². The van der Waals surface area contributed by atoms with E-state index in [9.17, 15) is 0 Å².